The molecule has 0 aliphatic heterocycles. The SMILES string of the molecule is COCC(O)CCNc1cc(C)ccn1. The molecular formula is C11H18N2O2. The molecule has 4 nitrogen and oxygen atoms in total. The molecule has 1 heterocycles. The first-order chi connectivity index (χ1) is 7.22. The molecule has 0 amide bonds. The fourth-order valence-electron chi connectivity index (χ4n) is 1.28. The van der Waals surface area contributed by atoms with Crippen LogP contribution in [0.5, 0.6) is 0 Å². The molecule has 15 heavy (non-hydrogen) atoms. The molecular weight excluding hydrogens is 192 g/mol. The predicted octanol–water partition coefficient (Wildman–Crippen LogP) is 1.20. The van der Waals surface area contributed by atoms with Gasteiger partial charge in [0.1, 0.15) is 5.82 Å². The summed E-state index contributed by atoms with van der Waals surface area (Å²) in [7, 11) is 1.58. The highest BCUT2D eigenvalue weighted by atomic mass is 16.5. The minimum Gasteiger partial charge on any atom is -0.391 e. The number of hydrogen-bond donors (Lipinski definition) is 2. The number of pyridine rings is 1. The van der Waals surface area contributed by atoms with Crippen molar-refractivity contribution in [3.8, 4) is 0 Å². The lowest BCUT2D eigenvalue weighted by Gasteiger charge is -2.10. The van der Waals surface area contributed by atoms with Crippen LogP contribution in [-0.4, -0.2) is 36.5 Å². The Morgan fingerprint density at radius 1 is 1.60 bits per heavy atom. The number of ether oxygens (including phenoxy) is 1. The summed E-state index contributed by atoms with van der Waals surface area (Å²) in [5.74, 6) is 0.847. The van der Waals surface area contributed by atoms with Crippen LogP contribution in [0.25, 0.3) is 0 Å². The van der Waals surface area contributed by atoms with Gasteiger partial charge in [0.25, 0.3) is 0 Å². The highest BCUT2D eigenvalue weighted by Gasteiger charge is 2.02. The largest absolute Gasteiger partial charge is 0.391 e. The molecule has 0 spiro atoms. The zero-order chi connectivity index (χ0) is 11.1. The number of rotatable bonds is 6. The molecule has 0 radical (unpaired) electrons. The van der Waals surface area contributed by atoms with Gasteiger partial charge in [-0.05, 0) is 31.0 Å². The fraction of sp³-hybridized carbons (Fsp3) is 0.545. The van der Waals surface area contributed by atoms with Crippen LogP contribution in [0, 0.1) is 6.92 Å². The van der Waals surface area contributed by atoms with Crippen LogP contribution in [0.4, 0.5) is 5.82 Å². The van der Waals surface area contributed by atoms with Crippen molar-refractivity contribution in [2.24, 2.45) is 0 Å². The van der Waals surface area contributed by atoms with E-state index in [1.54, 1.807) is 13.3 Å². The Balaban J connectivity index is 2.25. The Morgan fingerprint density at radius 2 is 2.40 bits per heavy atom. The number of aromatic nitrogens is 1. The van der Waals surface area contributed by atoms with E-state index in [1.807, 2.05) is 19.1 Å². The summed E-state index contributed by atoms with van der Waals surface area (Å²) in [6.07, 6.45) is 2.01. The molecule has 0 aliphatic rings. The van der Waals surface area contributed by atoms with E-state index in [-0.39, 0.29) is 0 Å². The van der Waals surface area contributed by atoms with Crippen LogP contribution in [0.2, 0.25) is 0 Å². The quantitative estimate of drug-likeness (QED) is 0.740. The number of hydrogen-bond acceptors (Lipinski definition) is 4. The Bertz CT molecular complexity index is 292. The van der Waals surface area contributed by atoms with E-state index >= 15 is 0 Å². The maximum absolute atomic E-state index is 9.40. The van der Waals surface area contributed by atoms with Gasteiger partial charge in [0.05, 0.1) is 12.7 Å². The van der Waals surface area contributed by atoms with E-state index in [2.05, 4.69) is 10.3 Å². The van der Waals surface area contributed by atoms with Crippen LogP contribution < -0.4 is 5.32 Å². The molecule has 1 aromatic rings. The summed E-state index contributed by atoms with van der Waals surface area (Å²) in [6.45, 7) is 3.09. The second-order valence-corrected chi connectivity index (χ2v) is 3.54. The second kappa shape index (κ2) is 6.37. The number of nitrogens with one attached hydrogen (secondary N) is 1. The molecule has 1 rings (SSSR count). The van der Waals surface area contributed by atoms with Gasteiger partial charge in [0.2, 0.25) is 0 Å². The zero-order valence-electron chi connectivity index (χ0n) is 9.23. The Morgan fingerprint density at radius 3 is 3.07 bits per heavy atom. The summed E-state index contributed by atoms with van der Waals surface area (Å²) in [5, 5.41) is 12.5. The molecule has 0 aromatic carbocycles. The van der Waals surface area contributed by atoms with Crippen molar-refractivity contribution in [3.05, 3.63) is 23.9 Å². The molecule has 0 fully saturated rings. The van der Waals surface area contributed by atoms with E-state index in [4.69, 9.17) is 4.74 Å². The van der Waals surface area contributed by atoms with Crippen molar-refractivity contribution in [2.75, 3.05) is 25.6 Å². The maximum Gasteiger partial charge on any atom is 0.126 e. The molecule has 1 atom stereocenters. The minimum atomic E-state index is -0.410. The molecule has 84 valence electrons. The van der Waals surface area contributed by atoms with E-state index in [1.165, 1.54) is 5.56 Å². The number of aliphatic hydroxyl groups is 1. The van der Waals surface area contributed by atoms with Gasteiger partial charge in [-0.1, -0.05) is 0 Å². The number of aliphatic hydroxyl groups excluding tert-OH is 1. The Kier molecular flexibility index (Phi) is 5.07. The third-order valence-corrected chi connectivity index (χ3v) is 2.06. The monoisotopic (exact) mass is 210 g/mol. The van der Waals surface area contributed by atoms with E-state index in [0.717, 1.165) is 5.82 Å². The lowest BCUT2D eigenvalue weighted by atomic mass is 10.2. The van der Waals surface area contributed by atoms with Crippen molar-refractivity contribution in [2.45, 2.75) is 19.4 Å². The van der Waals surface area contributed by atoms with E-state index < -0.39 is 6.10 Å². The topological polar surface area (TPSA) is 54.4 Å². The van der Waals surface area contributed by atoms with Crippen molar-refractivity contribution >= 4 is 5.82 Å². The van der Waals surface area contributed by atoms with Gasteiger partial charge in [-0.3, -0.25) is 0 Å². The summed E-state index contributed by atoms with van der Waals surface area (Å²) >= 11 is 0. The van der Waals surface area contributed by atoms with Crippen molar-refractivity contribution in [1.82, 2.24) is 4.98 Å². The summed E-state index contributed by atoms with van der Waals surface area (Å²) in [5.41, 5.74) is 1.17. The lowest BCUT2D eigenvalue weighted by Crippen LogP contribution is -2.18. The third-order valence-electron chi connectivity index (χ3n) is 2.06. The number of nitrogens with zero attached hydrogens (tertiary/aromatic N) is 1. The van der Waals surface area contributed by atoms with Gasteiger partial charge in [-0.2, -0.15) is 0 Å². The highest BCUT2D eigenvalue weighted by molar-refractivity contribution is 5.36. The number of methoxy groups -OCH3 is 1. The van der Waals surface area contributed by atoms with Gasteiger partial charge in [0.15, 0.2) is 0 Å². The van der Waals surface area contributed by atoms with Crippen molar-refractivity contribution in [3.63, 3.8) is 0 Å². The smallest absolute Gasteiger partial charge is 0.126 e. The van der Waals surface area contributed by atoms with Crippen LogP contribution in [0.15, 0.2) is 18.3 Å². The van der Waals surface area contributed by atoms with Gasteiger partial charge < -0.3 is 15.2 Å². The average Bonchev–Trinajstić information content (AvgIpc) is 2.18. The van der Waals surface area contributed by atoms with Crippen LogP contribution in [-0.2, 0) is 4.74 Å². The molecule has 0 saturated heterocycles. The fourth-order valence-corrected chi connectivity index (χ4v) is 1.28. The summed E-state index contributed by atoms with van der Waals surface area (Å²) in [4.78, 5) is 4.16. The zero-order valence-corrected chi connectivity index (χ0v) is 9.23. The number of aryl methyl sites for hydroxylation is 1. The first-order valence-corrected chi connectivity index (χ1v) is 5.06. The molecule has 0 aliphatic carbocycles. The van der Waals surface area contributed by atoms with Gasteiger partial charge in [-0.25, -0.2) is 4.98 Å². The van der Waals surface area contributed by atoms with Gasteiger partial charge in [-0.15, -0.1) is 0 Å². The van der Waals surface area contributed by atoms with Crippen LogP contribution >= 0.6 is 0 Å². The molecule has 1 aromatic heterocycles. The standard InChI is InChI=1S/C11H18N2O2/c1-9-3-5-12-11(7-9)13-6-4-10(14)8-15-2/h3,5,7,10,14H,4,6,8H2,1-2H3,(H,12,13). The Hall–Kier alpha value is -1.13. The van der Waals surface area contributed by atoms with Crippen molar-refractivity contribution in [1.29, 1.82) is 0 Å². The lowest BCUT2D eigenvalue weighted by molar-refractivity contribution is 0.0615. The first-order valence-electron chi connectivity index (χ1n) is 5.06. The van der Waals surface area contributed by atoms with E-state index in [0.29, 0.717) is 19.6 Å². The second-order valence-electron chi connectivity index (χ2n) is 3.54. The highest BCUT2D eigenvalue weighted by Crippen LogP contribution is 2.05. The minimum absolute atomic E-state index is 0.378. The molecule has 1 unspecified atom stereocenters. The summed E-state index contributed by atoms with van der Waals surface area (Å²) < 4.78 is 4.83. The maximum atomic E-state index is 9.40. The van der Waals surface area contributed by atoms with Crippen LogP contribution in [0.1, 0.15) is 12.0 Å². The summed E-state index contributed by atoms with van der Waals surface area (Å²) in [6, 6.07) is 3.92. The predicted molar refractivity (Wildman–Crippen MR) is 60.0 cm³/mol. The van der Waals surface area contributed by atoms with E-state index in [9.17, 15) is 5.11 Å². The van der Waals surface area contributed by atoms with Gasteiger partial charge in [0, 0.05) is 19.9 Å². The first kappa shape index (κ1) is 11.9. The average molecular weight is 210 g/mol. The molecule has 0 bridgehead atoms. The van der Waals surface area contributed by atoms with Gasteiger partial charge >= 0.3 is 0 Å². The normalized spacial score (nSPS) is 12.5. The number of anilines is 1. The molecule has 2 N–H and O–H groups in total. The third kappa shape index (κ3) is 4.76. The van der Waals surface area contributed by atoms with Crippen LogP contribution in [0.3, 0.4) is 0 Å². The molecule has 0 saturated carbocycles. The Labute approximate surface area is 90.3 Å². The molecule has 4 heteroatoms. The van der Waals surface area contributed by atoms with Crippen molar-refractivity contribution < 1.29 is 9.84 Å².